The molecule has 0 bridgehead atoms. The van der Waals surface area contributed by atoms with Gasteiger partial charge >= 0.3 is 0 Å². The average Bonchev–Trinajstić information content (AvgIpc) is 3.12. The lowest BCUT2D eigenvalue weighted by atomic mass is 10.2. The standard InChI is InChI=1S/C15H17N3OS2/c1-4-10-13(21-15(18-10)9(2)3)14(19)17-11(8-16)12-6-5-7-20-12/h5-7,9,11H,4H2,1-3H3,(H,17,19). The zero-order chi connectivity index (χ0) is 15.4. The molecule has 110 valence electrons. The van der Waals surface area contributed by atoms with Crippen LogP contribution in [0.3, 0.4) is 0 Å². The van der Waals surface area contributed by atoms with E-state index in [4.69, 9.17) is 0 Å². The molecule has 0 aromatic carbocycles. The highest BCUT2D eigenvalue weighted by molar-refractivity contribution is 7.14. The third-order valence-corrected chi connectivity index (χ3v) is 5.32. The lowest BCUT2D eigenvalue weighted by molar-refractivity contribution is 0.0948. The van der Waals surface area contributed by atoms with Gasteiger partial charge in [0.1, 0.15) is 4.88 Å². The zero-order valence-electron chi connectivity index (χ0n) is 12.2. The zero-order valence-corrected chi connectivity index (χ0v) is 13.8. The van der Waals surface area contributed by atoms with Crippen LogP contribution in [0.4, 0.5) is 0 Å². The van der Waals surface area contributed by atoms with Gasteiger partial charge < -0.3 is 5.32 Å². The van der Waals surface area contributed by atoms with E-state index in [-0.39, 0.29) is 5.91 Å². The number of thiophene rings is 1. The van der Waals surface area contributed by atoms with Gasteiger partial charge in [-0.2, -0.15) is 5.26 Å². The lowest BCUT2D eigenvalue weighted by Crippen LogP contribution is -2.27. The van der Waals surface area contributed by atoms with E-state index in [9.17, 15) is 10.1 Å². The van der Waals surface area contributed by atoms with Gasteiger partial charge in [-0.05, 0) is 17.9 Å². The van der Waals surface area contributed by atoms with Crippen LogP contribution in [0.2, 0.25) is 0 Å². The van der Waals surface area contributed by atoms with Crippen molar-refractivity contribution in [3.8, 4) is 6.07 Å². The Balaban J connectivity index is 2.22. The number of nitrogens with one attached hydrogen (secondary N) is 1. The number of thiazole rings is 1. The molecule has 2 aromatic rings. The first kappa shape index (κ1) is 15.7. The number of nitriles is 1. The molecule has 6 heteroatoms. The highest BCUT2D eigenvalue weighted by atomic mass is 32.1. The second kappa shape index (κ2) is 6.83. The number of carbonyl (C=O) groups is 1. The molecule has 2 aromatic heterocycles. The van der Waals surface area contributed by atoms with E-state index < -0.39 is 6.04 Å². The van der Waals surface area contributed by atoms with Gasteiger partial charge in [-0.15, -0.1) is 22.7 Å². The number of hydrogen-bond donors (Lipinski definition) is 1. The molecule has 1 unspecified atom stereocenters. The van der Waals surface area contributed by atoms with Crippen molar-refractivity contribution in [3.05, 3.63) is 38.0 Å². The summed E-state index contributed by atoms with van der Waals surface area (Å²) < 4.78 is 0. The topological polar surface area (TPSA) is 65.8 Å². The third-order valence-electron chi connectivity index (χ3n) is 2.98. The molecule has 0 aliphatic carbocycles. The summed E-state index contributed by atoms with van der Waals surface area (Å²) in [5, 5.41) is 14.9. The second-order valence-corrected chi connectivity index (χ2v) is 6.90. The molecule has 0 radical (unpaired) electrons. The Morgan fingerprint density at radius 2 is 2.29 bits per heavy atom. The van der Waals surface area contributed by atoms with Crippen LogP contribution in [-0.4, -0.2) is 10.9 Å². The maximum Gasteiger partial charge on any atom is 0.264 e. The molecule has 4 nitrogen and oxygen atoms in total. The predicted octanol–water partition coefficient (Wildman–Crippen LogP) is 3.89. The Morgan fingerprint density at radius 3 is 2.81 bits per heavy atom. The van der Waals surface area contributed by atoms with Crippen LogP contribution >= 0.6 is 22.7 Å². The Morgan fingerprint density at radius 1 is 1.52 bits per heavy atom. The molecule has 0 saturated carbocycles. The highest BCUT2D eigenvalue weighted by Gasteiger charge is 2.22. The fourth-order valence-corrected chi connectivity index (χ4v) is 3.63. The SMILES string of the molecule is CCc1nc(C(C)C)sc1C(=O)NC(C#N)c1cccs1. The third kappa shape index (κ3) is 3.49. The summed E-state index contributed by atoms with van der Waals surface area (Å²) in [5.41, 5.74) is 0.809. The van der Waals surface area contributed by atoms with Gasteiger partial charge in [-0.1, -0.05) is 26.8 Å². The lowest BCUT2D eigenvalue weighted by Gasteiger charge is -2.09. The van der Waals surface area contributed by atoms with Crippen molar-refractivity contribution in [2.45, 2.75) is 39.2 Å². The first-order valence-electron chi connectivity index (χ1n) is 6.80. The molecule has 1 N–H and O–H groups in total. The van der Waals surface area contributed by atoms with Crippen LogP contribution in [0, 0.1) is 11.3 Å². The summed E-state index contributed by atoms with van der Waals surface area (Å²) in [6, 6.07) is 5.26. The van der Waals surface area contributed by atoms with Crippen molar-refractivity contribution in [1.29, 1.82) is 5.26 Å². The molecular formula is C15H17N3OS2. The Bertz CT molecular complexity index is 653. The van der Waals surface area contributed by atoms with Crippen molar-refractivity contribution < 1.29 is 4.79 Å². The van der Waals surface area contributed by atoms with Gasteiger partial charge in [-0.3, -0.25) is 4.79 Å². The Hall–Kier alpha value is -1.71. The van der Waals surface area contributed by atoms with Crippen molar-refractivity contribution in [1.82, 2.24) is 10.3 Å². The molecule has 0 fully saturated rings. The first-order chi connectivity index (χ1) is 10.1. The molecule has 21 heavy (non-hydrogen) atoms. The Kier molecular flexibility index (Phi) is 5.10. The van der Waals surface area contributed by atoms with E-state index in [1.807, 2.05) is 24.4 Å². The van der Waals surface area contributed by atoms with Gasteiger partial charge in [0.25, 0.3) is 5.91 Å². The van der Waals surface area contributed by atoms with Gasteiger partial charge in [0, 0.05) is 10.8 Å². The minimum Gasteiger partial charge on any atom is -0.331 e. The van der Waals surface area contributed by atoms with Gasteiger partial charge in [0.2, 0.25) is 0 Å². The summed E-state index contributed by atoms with van der Waals surface area (Å²) in [6.07, 6.45) is 0.711. The fourth-order valence-electron chi connectivity index (χ4n) is 1.85. The van der Waals surface area contributed by atoms with Crippen LogP contribution in [0.5, 0.6) is 0 Å². The summed E-state index contributed by atoms with van der Waals surface area (Å²) in [4.78, 5) is 18.4. The Labute approximate surface area is 132 Å². The van der Waals surface area contributed by atoms with Crippen molar-refractivity contribution >= 4 is 28.6 Å². The number of aromatic nitrogens is 1. The van der Waals surface area contributed by atoms with E-state index in [0.717, 1.165) is 15.6 Å². The van der Waals surface area contributed by atoms with Crippen LogP contribution in [-0.2, 0) is 6.42 Å². The van der Waals surface area contributed by atoms with E-state index in [1.165, 1.54) is 22.7 Å². The van der Waals surface area contributed by atoms with E-state index >= 15 is 0 Å². The molecule has 0 aliphatic rings. The highest BCUT2D eigenvalue weighted by Crippen LogP contribution is 2.26. The maximum atomic E-state index is 12.4. The second-order valence-electron chi connectivity index (χ2n) is 4.89. The first-order valence-corrected chi connectivity index (χ1v) is 8.49. The number of hydrogen-bond acceptors (Lipinski definition) is 5. The van der Waals surface area contributed by atoms with Crippen molar-refractivity contribution in [2.24, 2.45) is 0 Å². The predicted molar refractivity (Wildman–Crippen MR) is 85.7 cm³/mol. The monoisotopic (exact) mass is 319 g/mol. The fraction of sp³-hybridized carbons (Fsp3) is 0.400. The molecule has 1 amide bonds. The number of amides is 1. The quantitative estimate of drug-likeness (QED) is 0.909. The number of carbonyl (C=O) groups excluding carboxylic acids is 1. The summed E-state index contributed by atoms with van der Waals surface area (Å²) in [5.74, 6) is 0.0853. The largest absolute Gasteiger partial charge is 0.331 e. The summed E-state index contributed by atoms with van der Waals surface area (Å²) in [6.45, 7) is 6.10. The summed E-state index contributed by atoms with van der Waals surface area (Å²) in [7, 11) is 0. The summed E-state index contributed by atoms with van der Waals surface area (Å²) >= 11 is 2.88. The number of nitrogens with zero attached hydrogens (tertiary/aromatic N) is 2. The smallest absolute Gasteiger partial charge is 0.264 e. The van der Waals surface area contributed by atoms with Crippen LogP contribution in [0.1, 0.15) is 58.0 Å². The van der Waals surface area contributed by atoms with Crippen LogP contribution in [0.25, 0.3) is 0 Å². The molecule has 0 spiro atoms. The molecular weight excluding hydrogens is 302 g/mol. The maximum absolute atomic E-state index is 12.4. The van der Waals surface area contributed by atoms with Crippen molar-refractivity contribution in [3.63, 3.8) is 0 Å². The number of aryl methyl sites for hydroxylation is 1. The van der Waals surface area contributed by atoms with Gasteiger partial charge in [-0.25, -0.2) is 4.98 Å². The minimum absolute atomic E-state index is 0.212. The molecule has 1 atom stereocenters. The molecule has 0 aliphatic heterocycles. The van der Waals surface area contributed by atoms with Gasteiger partial charge in [0.05, 0.1) is 16.8 Å². The van der Waals surface area contributed by atoms with E-state index in [0.29, 0.717) is 17.2 Å². The molecule has 2 heterocycles. The van der Waals surface area contributed by atoms with Crippen LogP contribution < -0.4 is 5.32 Å². The normalized spacial score (nSPS) is 12.1. The number of rotatable bonds is 5. The van der Waals surface area contributed by atoms with Crippen LogP contribution in [0.15, 0.2) is 17.5 Å². The van der Waals surface area contributed by atoms with Gasteiger partial charge in [0.15, 0.2) is 6.04 Å². The van der Waals surface area contributed by atoms with Crippen molar-refractivity contribution in [2.75, 3.05) is 0 Å². The van der Waals surface area contributed by atoms with E-state index in [2.05, 4.69) is 30.2 Å². The van der Waals surface area contributed by atoms with E-state index in [1.54, 1.807) is 0 Å². The minimum atomic E-state index is -0.605. The molecule has 2 rings (SSSR count). The average molecular weight is 319 g/mol. The molecule has 0 saturated heterocycles.